The number of allylic oxidation sites excluding steroid dienone is 5. The molecule has 0 aromatic heterocycles. The van der Waals surface area contributed by atoms with Gasteiger partial charge in [0.1, 0.15) is 5.60 Å². The summed E-state index contributed by atoms with van der Waals surface area (Å²) in [5.41, 5.74) is -0.780. The van der Waals surface area contributed by atoms with E-state index in [1.807, 2.05) is 19.1 Å². The third-order valence-corrected chi connectivity index (χ3v) is 1.71. The molecule has 1 N–H and O–H groups in total. The molecule has 0 spiro atoms. The molecular weight excluding hydrogens is 176 g/mol. The smallest absolute Gasteiger partial charge is 0.193 e. The first-order chi connectivity index (χ1) is 6.43. The summed E-state index contributed by atoms with van der Waals surface area (Å²) in [6, 6.07) is 0. The summed E-state index contributed by atoms with van der Waals surface area (Å²) < 4.78 is 0. The molecular formula is C12H18O2. The van der Waals surface area contributed by atoms with Crippen molar-refractivity contribution >= 4 is 5.78 Å². The third kappa shape index (κ3) is 4.19. The van der Waals surface area contributed by atoms with Gasteiger partial charge < -0.3 is 5.11 Å². The van der Waals surface area contributed by atoms with Gasteiger partial charge in [0.05, 0.1) is 0 Å². The predicted molar refractivity (Wildman–Crippen MR) is 59.0 cm³/mol. The van der Waals surface area contributed by atoms with Crippen LogP contribution in [-0.4, -0.2) is 16.5 Å². The highest BCUT2D eigenvalue weighted by Crippen LogP contribution is 2.12. The van der Waals surface area contributed by atoms with Gasteiger partial charge in [0, 0.05) is 5.57 Å². The Kier molecular flexibility index (Phi) is 5.10. The van der Waals surface area contributed by atoms with Gasteiger partial charge in [-0.1, -0.05) is 30.4 Å². The minimum absolute atomic E-state index is 0.263. The molecule has 0 fully saturated rings. The van der Waals surface area contributed by atoms with Crippen LogP contribution in [0.3, 0.4) is 0 Å². The maximum atomic E-state index is 11.6. The topological polar surface area (TPSA) is 37.3 Å². The molecule has 0 heterocycles. The molecule has 0 amide bonds. The Morgan fingerprint density at radius 1 is 1.21 bits per heavy atom. The second kappa shape index (κ2) is 5.55. The second-order valence-electron chi connectivity index (χ2n) is 3.52. The molecule has 0 aliphatic carbocycles. The highest BCUT2D eigenvalue weighted by atomic mass is 16.3. The summed E-state index contributed by atoms with van der Waals surface area (Å²) in [4.78, 5) is 11.6. The average Bonchev–Trinajstić information content (AvgIpc) is 2.10. The van der Waals surface area contributed by atoms with E-state index in [0.717, 1.165) is 0 Å². The Morgan fingerprint density at radius 3 is 2.14 bits per heavy atom. The number of carbonyl (C=O) groups excluding carboxylic acids is 1. The Morgan fingerprint density at radius 2 is 1.79 bits per heavy atom. The minimum Gasteiger partial charge on any atom is -0.382 e. The van der Waals surface area contributed by atoms with Gasteiger partial charge in [-0.15, -0.1) is 0 Å². The number of ketones is 1. The van der Waals surface area contributed by atoms with Crippen LogP contribution in [0, 0.1) is 0 Å². The first kappa shape index (κ1) is 12.8. The fourth-order valence-electron chi connectivity index (χ4n) is 0.927. The molecule has 0 bridgehead atoms. The molecule has 0 atom stereocenters. The molecule has 2 nitrogen and oxygen atoms in total. The zero-order valence-electron chi connectivity index (χ0n) is 9.24. The van der Waals surface area contributed by atoms with Gasteiger partial charge in [0.2, 0.25) is 0 Å². The van der Waals surface area contributed by atoms with Crippen LogP contribution in [0.4, 0.5) is 0 Å². The van der Waals surface area contributed by atoms with Crippen LogP contribution < -0.4 is 0 Å². The van der Waals surface area contributed by atoms with Crippen LogP contribution in [0.5, 0.6) is 0 Å². The van der Waals surface area contributed by atoms with Crippen LogP contribution in [0.25, 0.3) is 0 Å². The summed E-state index contributed by atoms with van der Waals surface area (Å²) in [6.45, 7) is 6.65. The highest BCUT2D eigenvalue weighted by Gasteiger charge is 2.25. The van der Waals surface area contributed by atoms with Gasteiger partial charge in [0.15, 0.2) is 5.78 Å². The zero-order valence-corrected chi connectivity index (χ0v) is 9.24. The van der Waals surface area contributed by atoms with E-state index in [0.29, 0.717) is 5.57 Å². The summed E-state index contributed by atoms with van der Waals surface area (Å²) in [7, 11) is 0. The molecule has 0 saturated carbocycles. The average molecular weight is 194 g/mol. The SMILES string of the molecule is C\C=C/C=C\C(=C/C)C(=O)C(C)(C)O. The van der Waals surface area contributed by atoms with Crippen molar-refractivity contribution in [1.29, 1.82) is 0 Å². The Balaban J connectivity index is 4.70. The van der Waals surface area contributed by atoms with Crippen molar-refractivity contribution in [1.82, 2.24) is 0 Å². The molecule has 0 aliphatic heterocycles. The zero-order chi connectivity index (χ0) is 11.2. The van der Waals surface area contributed by atoms with E-state index in [9.17, 15) is 9.90 Å². The monoisotopic (exact) mass is 194 g/mol. The molecule has 0 aromatic rings. The summed E-state index contributed by atoms with van der Waals surface area (Å²) >= 11 is 0. The standard InChI is InChI=1S/C12H18O2/c1-5-7-8-9-10(6-2)11(13)12(3,4)14/h5-9,14H,1-4H3/b7-5-,9-8-,10-6+. The number of aliphatic hydroxyl groups is 1. The normalized spacial score (nSPS) is 14.2. The lowest BCUT2D eigenvalue weighted by Gasteiger charge is -2.15. The van der Waals surface area contributed by atoms with E-state index in [1.54, 1.807) is 25.2 Å². The van der Waals surface area contributed by atoms with E-state index in [-0.39, 0.29) is 5.78 Å². The van der Waals surface area contributed by atoms with Crippen LogP contribution in [0.2, 0.25) is 0 Å². The Hall–Kier alpha value is -1.15. The molecule has 0 rings (SSSR count). The first-order valence-corrected chi connectivity index (χ1v) is 4.66. The Labute approximate surface area is 85.6 Å². The number of hydrogen-bond acceptors (Lipinski definition) is 2. The van der Waals surface area contributed by atoms with Crippen LogP contribution in [0.15, 0.2) is 36.0 Å². The molecule has 0 aliphatic rings. The molecule has 14 heavy (non-hydrogen) atoms. The van der Waals surface area contributed by atoms with Crippen molar-refractivity contribution in [3.05, 3.63) is 36.0 Å². The fourth-order valence-corrected chi connectivity index (χ4v) is 0.927. The van der Waals surface area contributed by atoms with E-state index < -0.39 is 5.60 Å². The van der Waals surface area contributed by atoms with Crippen molar-refractivity contribution in [3.8, 4) is 0 Å². The van der Waals surface area contributed by atoms with Crippen molar-refractivity contribution in [2.75, 3.05) is 0 Å². The van der Waals surface area contributed by atoms with Crippen molar-refractivity contribution < 1.29 is 9.90 Å². The largest absolute Gasteiger partial charge is 0.382 e. The molecule has 78 valence electrons. The van der Waals surface area contributed by atoms with Gasteiger partial charge in [-0.25, -0.2) is 0 Å². The number of Topliss-reactive ketones (excluding diaryl/α,β-unsaturated/α-hetero) is 1. The molecule has 0 radical (unpaired) electrons. The summed E-state index contributed by atoms with van der Waals surface area (Å²) in [5, 5.41) is 9.50. The molecule has 0 unspecified atom stereocenters. The van der Waals surface area contributed by atoms with E-state index >= 15 is 0 Å². The van der Waals surface area contributed by atoms with Crippen LogP contribution >= 0.6 is 0 Å². The quantitative estimate of drug-likeness (QED) is 0.551. The van der Waals surface area contributed by atoms with E-state index in [2.05, 4.69) is 0 Å². The highest BCUT2D eigenvalue weighted by molar-refractivity contribution is 6.03. The van der Waals surface area contributed by atoms with Crippen molar-refractivity contribution in [3.63, 3.8) is 0 Å². The van der Waals surface area contributed by atoms with Crippen molar-refractivity contribution in [2.24, 2.45) is 0 Å². The third-order valence-electron chi connectivity index (χ3n) is 1.71. The lowest BCUT2D eigenvalue weighted by molar-refractivity contribution is -0.129. The lowest BCUT2D eigenvalue weighted by atomic mass is 9.96. The predicted octanol–water partition coefficient (Wildman–Crippen LogP) is 2.41. The first-order valence-electron chi connectivity index (χ1n) is 4.66. The minimum atomic E-state index is -1.30. The number of carbonyl (C=O) groups is 1. The lowest BCUT2D eigenvalue weighted by Crippen LogP contribution is -2.31. The maximum Gasteiger partial charge on any atom is 0.193 e. The van der Waals surface area contributed by atoms with Gasteiger partial charge in [-0.3, -0.25) is 4.79 Å². The molecule has 0 saturated heterocycles. The fraction of sp³-hybridized carbons (Fsp3) is 0.417. The molecule has 2 heteroatoms. The Bertz CT molecular complexity index is 275. The van der Waals surface area contributed by atoms with Gasteiger partial charge in [-0.05, 0) is 27.7 Å². The summed E-state index contributed by atoms with van der Waals surface area (Å²) in [6.07, 6.45) is 8.87. The van der Waals surface area contributed by atoms with Crippen molar-refractivity contribution in [2.45, 2.75) is 33.3 Å². The van der Waals surface area contributed by atoms with Crippen LogP contribution in [-0.2, 0) is 4.79 Å². The second-order valence-corrected chi connectivity index (χ2v) is 3.52. The molecule has 0 aromatic carbocycles. The number of hydrogen-bond donors (Lipinski definition) is 1. The van der Waals surface area contributed by atoms with Gasteiger partial charge in [-0.2, -0.15) is 0 Å². The van der Waals surface area contributed by atoms with Gasteiger partial charge in [0.25, 0.3) is 0 Å². The van der Waals surface area contributed by atoms with Crippen LogP contribution in [0.1, 0.15) is 27.7 Å². The van der Waals surface area contributed by atoms with E-state index in [4.69, 9.17) is 0 Å². The maximum absolute atomic E-state index is 11.6. The summed E-state index contributed by atoms with van der Waals surface area (Å²) in [5.74, 6) is -0.263. The number of rotatable bonds is 4. The van der Waals surface area contributed by atoms with E-state index in [1.165, 1.54) is 13.8 Å². The van der Waals surface area contributed by atoms with Gasteiger partial charge >= 0.3 is 0 Å².